The van der Waals surface area contributed by atoms with Crippen molar-refractivity contribution in [2.45, 2.75) is 50.4 Å². The molecule has 1 aliphatic carbocycles. The van der Waals surface area contributed by atoms with Crippen molar-refractivity contribution >= 4 is 40.5 Å². The Balaban J connectivity index is 1.65. The van der Waals surface area contributed by atoms with Crippen molar-refractivity contribution in [3.05, 3.63) is 35.9 Å². The first-order valence-corrected chi connectivity index (χ1v) is 11.9. The highest BCUT2D eigenvalue weighted by atomic mass is 32.2. The van der Waals surface area contributed by atoms with Crippen LogP contribution in [-0.2, 0) is 9.59 Å². The average molecular weight is 422 g/mol. The number of benzene rings is 1. The summed E-state index contributed by atoms with van der Waals surface area (Å²) in [5.74, 6) is -0.287. The summed E-state index contributed by atoms with van der Waals surface area (Å²) in [4.78, 5) is 38.9. The Bertz CT molecular complexity index is 706. The zero-order valence-electron chi connectivity index (χ0n) is 16.1. The number of amides is 1. The van der Waals surface area contributed by atoms with Gasteiger partial charge in [0.15, 0.2) is 0 Å². The molecule has 1 amide bonds. The van der Waals surface area contributed by atoms with Gasteiger partial charge in [-0.15, -0.1) is 11.8 Å². The lowest BCUT2D eigenvalue weighted by Crippen LogP contribution is -2.50. The van der Waals surface area contributed by atoms with Gasteiger partial charge in [-0.1, -0.05) is 68.3 Å². The average Bonchev–Trinajstić information content (AvgIpc) is 3.18. The molecule has 3 rings (SSSR count). The van der Waals surface area contributed by atoms with Crippen LogP contribution in [0.2, 0.25) is 0 Å². The predicted molar refractivity (Wildman–Crippen MR) is 113 cm³/mol. The highest BCUT2D eigenvalue weighted by Crippen LogP contribution is 2.41. The third kappa shape index (κ3) is 4.92. The number of nitrogens with zero attached hydrogens (tertiary/aromatic N) is 1. The van der Waals surface area contributed by atoms with Crippen LogP contribution in [0.4, 0.5) is 0 Å². The van der Waals surface area contributed by atoms with Gasteiger partial charge in [0.05, 0.1) is 5.37 Å². The Morgan fingerprint density at radius 1 is 1.18 bits per heavy atom. The van der Waals surface area contributed by atoms with Gasteiger partial charge in [0.25, 0.3) is 0 Å². The fourth-order valence-electron chi connectivity index (χ4n) is 3.96. The van der Waals surface area contributed by atoms with Gasteiger partial charge >= 0.3 is 5.97 Å². The molecule has 7 heteroatoms. The molecular weight excluding hydrogens is 394 g/mol. The molecule has 152 valence electrons. The van der Waals surface area contributed by atoms with Crippen LogP contribution in [0.25, 0.3) is 0 Å². The van der Waals surface area contributed by atoms with Crippen LogP contribution in [0, 0.1) is 11.8 Å². The largest absolute Gasteiger partial charge is 0.480 e. The van der Waals surface area contributed by atoms with E-state index in [9.17, 15) is 19.5 Å². The Kier molecular flexibility index (Phi) is 7.46. The van der Waals surface area contributed by atoms with Crippen molar-refractivity contribution in [2.24, 2.45) is 11.8 Å². The minimum absolute atomic E-state index is 0.0498. The molecule has 3 atom stereocenters. The first kappa shape index (κ1) is 21.2. The molecule has 1 aliphatic heterocycles. The van der Waals surface area contributed by atoms with Crippen molar-refractivity contribution in [1.29, 1.82) is 0 Å². The van der Waals surface area contributed by atoms with Crippen molar-refractivity contribution in [2.75, 3.05) is 11.5 Å². The molecule has 0 aromatic heterocycles. The van der Waals surface area contributed by atoms with Crippen molar-refractivity contribution < 1.29 is 19.5 Å². The van der Waals surface area contributed by atoms with Gasteiger partial charge < -0.3 is 10.0 Å². The molecule has 1 heterocycles. The molecule has 2 unspecified atom stereocenters. The minimum Gasteiger partial charge on any atom is -0.480 e. The maximum atomic E-state index is 13.2. The molecule has 0 radical (unpaired) electrons. The molecule has 1 N–H and O–H groups in total. The van der Waals surface area contributed by atoms with E-state index in [1.54, 1.807) is 35.7 Å². The Labute approximate surface area is 174 Å². The van der Waals surface area contributed by atoms with Crippen LogP contribution in [0.5, 0.6) is 0 Å². The summed E-state index contributed by atoms with van der Waals surface area (Å²) >= 11 is 2.74. The Hall–Kier alpha value is -1.47. The van der Waals surface area contributed by atoms with E-state index in [1.807, 2.05) is 18.2 Å². The van der Waals surface area contributed by atoms with E-state index < -0.39 is 17.9 Å². The number of aliphatic carboxylic acids is 1. The zero-order chi connectivity index (χ0) is 20.1. The third-order valence-corrected chi connectivity index (χ3v) is 8.15. The Morgan fingerprint density at radius 2 is 1.86 bits per heavy atom. The third-order valence-electron chi connectivity index (χ3n) is 5.52. The number of rotatable bonds is 6. The Morgan fingerprint density at radius 3 is 2.50 bits per heavy atom. The van der Waals surface area contributed by atoms with E-state index in [0.29, 0.717) is 23.0 Å². The SMILES string of the molecule is CC(CSC(=O)c1ccccc1)C(=O)N1C(C2CCCCC2)SC[C@H]1C(=O)O. The number of thioether (sulfide) groups is 2. The van der Waals surface area contributed by atoms with Gasteiger partial charge in [-0.25, -0.2) is 4.79 Å². The maximum Gasteiger partial charge on any atom is 0.327 e. The molecule has 1 aromatic carbocycles. The van der Waals surface area contributed by atoms with Crippen LogP contribution in [-0.4, -0.2) is 49.9 Å². The first-order valence-electron chi connectivity index (χ1n) is 9.87. The molecule has 2 aliphatic rings. The highest BCUT2D eigenvalue weighted by molar-refractivity contribution is 8.14. The molecule has 2 fully saturated rings. The fraction of sp³-hybridized carbons (Fsp3) is 0.571. The number of carbonyl (C=O) groups is 3. The molecule has 5 nitrogen and oxygen atoms in total. The van der Waals surface area contributed by atoms with E-state index in [4.69, 9.17) is 0 Å². The van der Waals surface area contributed by atoms with Gasteiger partial charge in [-0.05, 0) is 18.8 Å². The molecule has 0 bridgehead atoms. The summed E-state index contributed by atoms with van der Waals surface area (Å²) in [6, 6.07) is 8.25. The second-order valence-electron chi connectivity index (χ2n) is 7.59. The van der Waals surface area contributed by atoms with E-state index in [-0.39, 0.29) is 16.4 Å². The summed E-state index contributed by atoms with van der Waals surface area (Å²) < 4.78 is 0. The minimum atomic E-state index is -0.931. The summed E-state index contributed by atoms with van der Waals surface area (Å²) in [5.41, 5.74) is 0.618. The first-order chi connectivity index (χ1) is 13.5. The van der Waals surface area contributed by atoms with E-state index in [1.165, 1.54) is 6.42 Å². The molecule has 28 heavy (non-hydrogen) atoms. The van der Waals surface area contributed by atoms with Gasteiger partial charge in [-0.2, -0.15) is 0 Å². The van der Waals surface area contributed by atoms with Crippen molar-refractivity contribution in [3.63, 3.8) is 0 Å². The zero-order valence-corrected chi connectivity index (χ0v) is 17.7. The summed E-state index contributed by atoms with van der Waals surface area (Å²) in [5, 5.41) is 9.52. The van der Waals surface area contributed by atoms with Gasteiger partial charge in [0.1, 0.15) is 6.04 Å². The lowest BCUT2D eigenvalue weighted by atomic mass is 9.88. The van der Waals surface area contributed by atoms with Crippen molar-refractivity contribution in [3.8, 4) is 0 Å². The number of hydrogen-bond donors (Lipinski definition) is 1. The quantitative estimate of drug-likeness (QED) is 0.744. The molecular formula is C21H27NO4S2. The molecule has 1 saturated carbocycles. The predicted octanol–water partition coefficient (Wildman–Crippen LogP) is 4.13. The number of carboxylic acid groups (broad SMARTS) is 1. The molecule has 0 spiro atoms. The normalized spacial score (nSPS) is 24.1. The van der Waals surface area contributed by atoms with Gasteiger partial charge in [0, 0.05) is 23.0 Å². The summed E-state index contributed by atoms with van der Waals surface area (Å²) in [6.07, 6.45) is 5.64. The fourth-order valence-corrected chi connectivity index (χ4v) is 6.45. The lowest BCUT2D eigenvalue weighted by molar-refractivity contribution is -0.151. The summed E-state index contributed by atoms with van der Waals surface area (Å²) in [6.45, 7) is 1.80. The molecule has 1 aromatic rings. The van der Waals surface area contributed by atoms with Gasteiger partial charge in [0.2, 0.25) is 11.0 Å². The van der Waals surface area contributed by atoms with Crippen LogP contribution >= 0.6 is 23.5 Å². The molecule has 1 saturated heterocycles. The topological polar surface area (TPSA) is 74.7 Å². The summed E-state index contributed by atoms with van der Waals surface area (Å²) in [7, 11) is 0. The monoisotopic (exact) mass is 421 g/mol. The van der Waals surface area contributed by atoms with Gasteiger partial charge in [-0.3, -0.25) is 9.59 Å². The number of hydrogen-bond acceptors (Lipinski definition) is 5. The second-order valence-corrected chi connectivity index (χ2v) is 9.73. The number of carboxylic acids is 1. The van der Waals surface area contributed by atoms with Crippen LogP contribution in [0.1, 0.15) is 49.4 Å². The van der Waals surface area contributed by atoms with E-state index >= 15 is 0 Å². The standard InChI is InChI=1S/C21H27NO4S2/c1-14(12-28-21(26)16-10-6-3-7-11-16)18(23)22-17(20(24)25)13-27-19(22)15-8-4-2-5-9-15/h3,6-7,10-11,14-15,17,19H,2,4-5,8-9,12-13H2,1H3,(H,24,25)/t14?,17-,19?/m0/s1. The second kappa shape index (κ2) is 9.83. The number of carbonyl (C=O) groups excluding carboxylic acids is 2. The lowest BCUT2D eigenvalue weighted by Gasteiger charge is -2.36. The van der Waals surface area contributed by atoms with E-state index in [0.717, 1.165) is 37.4 Å². The van der Waals surface area contributed by atoms with Crippen molar-refractivity contribution in [1.82, 2.24) is 4.90 Å². The van der Waals surface area contributed by atoms with Crippen LogP contribution in [0.15, 0.2) is 30.3 Å². The van der Waals surface area contributed by atoms with Crippen LogP contribution < -0.4 is 0 Å². The highest BCUT2D eigenvalue weighted by Gasteiger charge is 2.45. The van der Waals surface area contributed by atoms with Crippen LogP contribution in [0.3, 0.4) is 0 Å². The smallest absolute Gasteiger partial charge is 0.327 e. The van der Waals surface area contributed by atoms with E-state index in [2.05, 4.69) is 0 Å². The maximum absolute atomic E-state index is 13.2.